The summed E-state index contributed by atoms with van der Waals surface area (Å²) in [6.45, 7) is 4.50. The molecule has 0 spiro atoms. The predicted octanol–water partition coefficient (Wildman–Crippen LogP) is 2.96. The fraction of sp³-hybridized carbons (Fsp3) is 0.438. The number of fused-ring (bicyclic) bond motifs is 1. The van der Waals surface area contributed by atoms with Crippen molar-refractivity contribution in [1.29, 1.82) is 0 Å². The average molecular weight is 285 g/mol. The summed E-state index contributed by atoms with van der Waals surface area (Å²) in [6, 6.07) is 5.96. The molecule has 0 amide bonds. The molecule has 0 fully saturated rings. The van der Waals surface area contributed by atoms with Crippen molar-refractivity contribution >= 4 is 5.78 Å². The van der Waals surface area contributed by atoms with Gasteiger partial charge >= 0.3 is 0 Å². The second-order valence-corrected chi connectivity index (χ2v) is 5.60. The molecular weight excluding hydrogens is 266 g/mol. The molecule has 1 heterocycles. The molecule has 3 rings (SSSR count). The summed E-state index contributed by atoms with van der Waals surface area (Å²) >= 11 is 0. The molecule has 1 aliphatic carbocycles. The van der Waals surface area contributed by atoms with E-state index in [0.29, 0.717) is 13.0 Å². The molecule has 0 saturated heterocycles. The first-order chi connectivity index (χ1) is 10.1. The van der Waals surface area contributed by atoms with Crippen LogP contribution in [0.2, 0.25) is 0 Å². The van der Waals surface area contributed by atoms with Crippen molar-refractivity contribution < 1.29 is 9.53 Å². The molecule has 1 aromatic heterocycles. The van der Waals surface area contributed by atoms with Crippen molar-refractivity contribution in [3.8, 4) is 5.75 Å². The third-order valence-electron chi connectivity index (χ3n) is 3.73. The van der Waals surface area contributed by atoms with Crippen molar-refractivity contribution in [3.05, 3.63) is 41.5 Å². The van der Waals surface area contributed by atoms with Gasteiger partial charge in [-0.3, -0.25) is 4.79 Å². The van der Waals surface area contributed by atoms with E-state index in [9.17, 15) is 4.79 Å². The van der Waals surface area contributed by atoms with Crippen molar-refractivity contribution in [2.24, 2.45) is 0 Å². The zero-order valence-electron chi connectivity index (χ0n) is 12.4. The maximum atomic E-state index is 11.8. The number of benzene rings is 1. The third-order valence-corrected chi connectivity index (χ3v) is 3.73. The summed E-state index contributed by atoms with van der Waals surface area (Å²) < 4.78 is 7.66. The van der Waals surface area contributed by atoms with Crippen LogP contribution in [0.3, 0.4) is 0 Å². The van der Waals surface area contributed by atoms with E-state index in [1.54, 1.807) is 6.33 Å². The van der Waals surface area contributed by atoms with Crippen molar-refractivity contribution in [2.75, 3.05) is 0 Å². The number of nitrogens with zero attached hydrogens (tertiary/aromatic N) is 3. The Morgan fingerprint density at radius 3 is 3.00 bits per heavy atom. The Hall–Kier alpha value is -2.17. The van der Waals surface area contributed by atoms with E-state index in [1.165, 1.54) is 0 Å². The van der Waals surface area contributed by atoms with E-state index < -0.39 is 0 Å². The van der Waals surface area contributed by atoms with E-state index >= 15 is 0 Å². The third kappa shape index (κ3) is 2.82. The number of aromatic nitrogens is 3. The highest BCUT2D eigenvalue weighted by molar-refractivity contribution is 5.98. The molecular formula is C16H19N3O2. The van der Waals surface area contributed by atoms with Gasteiger partial charge in [0.15, 0.2) is 11.6 Å². The number of hydrogen-bond donors (Lipinski definition) is 0. The highest BCUT2D eigenvalue weighted by Gasteiger charge is 2.17. The smallest absolute Gasteiger partial charge is 0.165 e. The van der Waals surface area contributed by atoms with E-state index in [4.69, 9.17) is 4.74 Å². The van der Waals surface area contributed by atoms with Crippen LogP contribution < -0.4 is 4.74 Å². The molecule has 110 valence electrons. The quantitative estimate of drug-likeness (QED) is 0.866. The molecule has 1 aromatic carbocycles. The molecule has 0 unspecified atom stereocenters. The number of hydrogen-bond acceptors (Lipinski definition) is 4. The SMILES string of the molecule is CC(C)n1ncnc1COc1ccc2c(c1)CCCC2=O. The number of Topliss-reactive ketones (excluding diaryl/α,β-unsaturated/α-hetero) is 1. The van der Waals surface area contributed by atoms with Crippen molar-refractivity contribution in [3.63, 3.8) is 0 Å². The lowest BCUT2D eigenvalue weighted by molar-refractivity contribution is 0.0972. The van der Waals surface area contributed by atoms with Gasteiger partial charge in [0.2, 0.25) is 0 Å². The summed E-state index contributed by atoms with van der Waals surface area (Å²) in [4.78, 5) is 16.0. The van der Waals surface area contributed by atoms with Crippen molar-refractivity contribution in [2.45, 2.75) is 45.8 Å². The fourth-order valence-corrected chi connectivity index (χ4v) is 2.67. The van der Waals surface area contributed by atoms with Gasteiger partial charge in [-0.15, -0.1) is 0 Å². The number of ether oxygens (including phenoxy) is 1. The van der Waals surface area contributed by atoms with Gasteiger partial charge in [0.05, 0.1) is 0 Å². The van der Waals surface area contributed by atoms with Gasteiger partial charge in [-0.2, -0.15) is 5.10 Å². The standard InChI is InChI=1S/C16H19N3O2/c1-11(2)19-16(17-10-18-19)9-21-13-6-7-14-12(8-13)4-3-5-15(14)20/h6-8,10-11H,3-5,9H2,1-2H3. The van der Waals surface area contributed by atoms with Gasteiger partial charge in [-0.25, -0.2) is 9.67 Å². The maximum Gasteiger partial charge on any atom is 0.165 e. The van der Waals surface area contributed by atoms with Gasteiger partial charge in [-0.05, 0) is 50.5 Å². The van der Waals surface area contributed by atoms with Crippen LogP contribution in [-0.4, -0.2) is 20.5 Å². The molecule has 0 aliphatic heterocycles. The molecule has 21 heavy (non-hydrogen) atoms. The van der Waals surface area contributed by atoms with Crippen molar-refractivity contribution in [1.82, 2.24) is 14.8 Å². The minimum Gasteiger partial charge on any atom is -0.486 e. The second kappa shape index (κ2) is 5.68. The van der Waals surface area contributed by atoms with Crippen LogP contribution in [0.4, 0.5) is 0 Å². The summed E-state index contributed by atoms with van der Waals surface area (Å²) in [6.07, 6.45) is 4.08. The normalized spacial score (nSPS) is 14.3. The summed E-state index contributed by atoms with van der Waals surface area (Å²) in [5.41, 5.74) is 1.94. The van der Waals surface area contributed by atoms with Gasteiger partial charge in [0.25, 0.3) is 0 Å². The highest BCUT2D eigenvalue weighted by Crippen LogP contribution is 2.25. The Kier molecular flexibility index (Phi) is 3.73. The number of aryl methyl sites for hydroxylation is 1. The van der Waals surface area contributed by atoms with Crippen LogP contribution in [-0.2, 0) is 13.0 Å². The zero-order chi connectivity index (χ0) is 14.8. The molecule has 0 bridgehead atoms. The number of ketones is 1. The second-order valence-electron chi connectivity index (χ2n) is 5.60. The number of carbonyl (C=O) groups is 1. The Morgan fingerprint density at radius 1 is 1.33 bits per heavy atom. The molecule has 5 nitrogen and oxygen atoms in total. The monoisotopic (exact) mass is 285 g/mol. The summed E-state index contributed by atoms with van der Waals surface area (Å²) in [5.74, 6) is 1.82. The maximum absolute atomic E-state index is 11.8. The lowest BCUT2D eigenvalue weighted by Gasteiger charge is -2.16. The lowest BCUT2D eigenvalue weighted by Crippen LogP contribution is -2.12. The molecule has 0 saturated carbocycles. The van der Waals surface area contributed by atoms with Crippen LogP contribution in [0.15, 0.2) is 24.5 Å². The van der Waals surface area contributed by atoms with Crippen LogP contribution in [0.5, 0.6) is 5.75 Å². The van der Waals surface area contributed by atoms with Crippen LogP contribution in [0, 0.1) is 0 Å². The minimum absolute atomic E-state index is 0.238. The van der Waals surface area contributed by atoms with E-state index in [0.717, 1.165) is 35.5 Å². The predicted molar refractivity (Wildman–Crippen MR) is 78.4 cm³/mol. The minimum atomic E-state index is 0.238. The number of carbonyl (C=O) groups excluding carboxylic acids is 1. The summed E-state index contributed by atoms with van der Waals surface area (Å²) in [5, 5.41) is 4.19. The fourth-order valence-electron chi connectivity index (χ4n) is 2.67. The molecule has 0 N–H and O–H groups in total. The van der Waals surface area contributed by atoms with Gasteiger partial charge in [0.1, 0.15) is 18.7 Å². The van der Waals surface area contributed by atoms with Crippen LogP contribution in [0.1, 0.15) is 54.5 Å². The topological polar surface area (TPSA) is 57.0 Å². The average Bonchev–Trinajstić information content (AvgIpc) is 2.94. The van der Waals surface area contributed by atoms with Gasteiger partial charge < -0.3 is 4.74 Å². The lowest BCUT2D eigenvalue weighted by atomic mass is 9.91. The van der Waals surface area contributed by atoms with E-state index in [1.807, 2.05) is 22.9 Å². The zero-order valence-corrected chi connectivity index (χ0v) is 12.4. The molecule has 1 aliphatic rings. The first-order valence-electron chi connectivity index (χ1n) is 7.32. The van der Waals surface area contributed by atoms with Gasteiger partial charge in [-0.1, -0.05) is 0 Å². The first-order valence-corrected chi connectivity index (χ1v) is 7.32. The van der Waals surface area contributed by atoms with E-state index in [-0.39, 0.29) is 11.8 Å². The highest BCUT2D eigenvalue weighted by atomic mass is 16.5. The van der Waals surface area contributed by atoms with Crippen LogP contribution >= 0.6 is 0 Å². The Balaban J connectivity index is 1.74. The summed E-state index contributed by atoms with van der Waals surface area (Å²) in [7, 11) is 0. The Bertz CT molecular complexity index is 661. The Labute approximate surface area is 124 Å². The van der Waals surface area contributed by atoms with Crippen LogP contribution in [0.25, 0.3) is 0 Å². The molecule has 0 radical (unpaired) electrons. The molecule has 2 aromatic rings. The molecule has 5 heteroatoms. The molecule has 0 atom stereocenters. The largest absolute Gasteiger partial charge is 0.486 e. The van der Waals surface area contributed by atoms with E-state index in [2.05, 4.69) is 23.9 Å². The number of rotatable bonds is 4. The van der Waals surface area contributed by atoms with Gasteiger partial charge in [0, 0.05) is 18.0 Å². The first kappa shape index (κ1) is 13.8. The Morgan fingerprint density at radius 2 is 2.19 bits per heavy atom.